The molecule has 0 saturated carbocycles. The van der Waals surface area contributed by atoms with Crippen molar-refractivity contribution in [2.45, 2.75) is 26.4 Å². The van der Waals surface area contributed by atoms with E-state index in [2.05, 4.69) is 4.98 Å². The van der Waals surface area contributed by atoms with Gasteiger partial charge in [0.05, 0.1) is 21.9 Å². The first-order valence-electron chi connectivity index (χ1n) is 6.19. The van der Waals surface area contributed by atoms with Crippen LogP contribution in [0.4, 0.5) is 5.69 Å². The number of rotatable bonds is 4. The van der Waals surface area contributed by atoms with Crippen LogP contribution in [0.1, 0.15) is 19.4 Å². The maximum absolute atomic E-state index is 11.3. The molecule has 0 amide bonds. The van der Waals surface area contributed by atoms with Crippen LogP contribution in [0.25, 0.3) is 10.9 Å². The lowest BCUT2D eigenvalue weighted by molar-refractivity contribution is -0.383. The average molecular weight is 260 g/mol. The van der Waals surface area contributed by atoms with Gasteiger partial charge in [-0.25, -0.2) is 0 Å². The molecule has 2 rings (SSSR count). The average Bonchev–Trinajstić information content (AvgIpc) is 2.37. The number of hydrogen-bond donors (Lipinski definition) is 1. The number of nitrogens with zero attached hydrogens (tertiary/aromatic N) is 2. The van der Waals surface area contributed by atoms with Gasteiger partial charge in [0.1, 0.15) is 0 Å². The molecule has 1 unspecified atom stereocenters. The lowest BCUT2D eigenvalue weighted by Gasteiger charge is -2.14. The molecule has 19 heavy (non-hydrogen) atoms. The van der Waals surface area contributed by atoms with E-state index in [9.17, 15) is 15.2 Å². The smallest absolute Gasteiger partial charge is 0.282 e. The standard InChI is InChI=1S/C14H16N2O3/c1-9(2)13(17)8-10-5-6-12-11(4-3-7-15-12)14(10)16(18)19/h3-7,9,13,17H,8H2,1-2H3. The fourth-order valence-corrected chi connectivity index (χ4v) is 2.02. The molecule has 5 heteroatoms. The quantitative estimate of drug-likeness (QED) is 0.677. The normalized spacial score (nSPS) is 12.8. The minimum absolute atomic E-state index is 0.0466. The third-order valence-corrected chi connectivity index (χ3v) is 3.22. The number of benzene rings is 1. The Labute approximate surface area is 111 Å². The molecule has 0 saturated heterocycles. The van der Waals surface area contributed by atoms with E-state index in [1.54, 1.807) is 30.5 Å². The van der Waals surface area contributed by atoms with Gasteiger partial charge < -0.3 is 5.11 Å². The van der Waals surface area contributed by atoms with E-state index in [1.807, 2.05) is 13.8 Å². The molecular weight excluding hydrogens is 244 g/mol. The maximum Gasteiger partial charge on any atom is 0.282 e. The zero-order valence-corrected chi connectivity index (χ0v) is 10.9. The molecule has 1 N–H and O–H groups in total. The zero-order chi connectivity index (χ0) is 14.0. The van der Waals surface area contributed by atoms with E-state index < -0.39 is 11.0 Å². The monoisotopic (exact) mass is 260 g/mol. The van der Waals surface area contributed by atoms with Gasteiger partial charge in [0, 0.05) is 18.2 Å². The van der Waals surface area contributed by atoms with Gasteiger partial charge in [-0.05, 0) is 30.2 Å². The molecule has 100 valence electrons. The third-order valence-electron chi connectivity index (χ3n) is 3.22. The van der Waals surface area contributed by atoms with Crippen molar-refractivity contribution in [2.24, 2.45) is 5.92 Å². The first-order chi connectivity index (χ1) is 9.00. The number of pyridine rings is 1. The van der Waals surface area contributed by atoms with E-state index >= 15 is 0 Å². The second-order valence-electron chi connectivity index (χ2n) is 4.92. The Kier molecular flexibility index (Phi) is 3.76. The van der Waals surface area contributed by atoms with Gasteiger partial charge in [0.2, 0.25) is 0 Å². The minimum atomic E-state index is -0.590. The van der Waals surface area contributed by atoms with Crippen molar-refractivity contribution in [3.8, 4) is 0 Å². The first-order valence-corrected chi connectivity index (χ1v) is 6.19. The molecule has 0 radical (unpaired) electrons. The fraction of sp³-hybridized carbons (Fsp3) is 0.357. The van der Waals surface area contributed by atoms with Crippen molar-refractivity contribution in [1.29, 1.82) is 0 Å². The highest BCUT2D eigenvalue weighted by molar-refractivity contribution is 5.89. The summed E-state index contributed by atoms with van der Waals surface area (Å²) in [7, 11) is 0. The number of aliphatic hydroxyl groups is 1. The van der Waals surface area contributed by atoms with Crippen molar-refractivity contribution < 1.29 is 10.0 Å². The molecule has 0 fully saturated rings. The third kappa shape index (κ3) is 2.71. The van der Waals surface area contributed by atoms with Crippen molar-refractivity contribution in [2.75, 3.05) is 0 Å². The molecule has 0 aliphatic rings. The summed E-state index contributed by atoms with van der Waals surface area (Å²) in [6, 6.07) is 6.80. The molecule has 0 spiro atoms. The zero-order valence-electron chi connectivity index (χ0n) is 10.9. The summed E-state index contributed by atoms with van der Waals surface area (Å²) in [4.78, 5) is 15.0. The van der Waals surface area contributed by atoms with Crippen LogP contribution in [-0.4, -0.2) is 21.1 Å². The summed E-state index contributed by atoms with van der Waals surface area (Å²) in [5.74, 6) is 0.0594. The van der Waals surface area contributed by atoms with E-state index in [4.69, 9.17) is 0 Å². The van der Waals surface area contributed by atoms with E-state index in [0.717, 1.165) is 0 Å². The lowest BCUT2D eigenvalue weighted by Crippen LogP contribution is -2.18. The lowest BCUT2D eigenvalue weighted by atomic mass is 9.96. The molecule has 1 aromatic carbocycles. The summed E-state index contributed by atoms with van der Waals surface area (Å²) in [6.07, 6.45) is 1.29. The number of fused-ring (bicyclic) bond motifs is 1. The van der Waals surface area contributed by atoms with Crippen molar-refractivity contribution in [3.63, 3.8) is 0 Å². The Morgan fingerprint density at radius 1 is 1.37 bits per heavy atom. The fourth-order valence-electron chi connectivity index (χ4n) is 2.02. The largest absolute Gasteiger partial charge is 0.393 e. The van der Waals surface area contributed by atoms with Gasteiger partial charge in [-0.2, -0.15) is 0 Å². The van der Waals surface area contributed by atoms with Crippen LogP contribution in [0.2, 0.25) is 0 Å². The highest BCUT2D eigenvalue weighted by atomic mass is 16.6. The molecule has 1 atom stereocenters. The Hall–Kier alpha value is -2.01. The Bertz CT molecular complexity index is 611. The number of nitro groups is 1. The topological polar surface area (TPSA) is 76.3 Å². The van der Waals surface area contributed by atoms with Crippen molar-refractivity contribution in [1.82, 2.24) is 4.98 Å². The van der Waals surface area contributed by atoms with Gasteiger partial charge in [0.15, 0.2) is 0 Å². The molecule has 2 aromatic rings. The summed E-state index contributed by atoms with van der Waals surface area (Å²) in [6.45, 7) is 3.78. The van der Waals surface area contributed by atoms with E-state index in [-0.39, 0.29) is 18.0 Å². The molecule has 1 aromatic heterocycles. The van der Waals surface area contributed by atoms with Crippen LogP contribution < -0.4 is 0 Å². The maximum atomic E-state index is 11.3. The summed E-state index contributed by atoms with van der Waals surface area (Å²) >= 11 is 0. The van der Waals surface area contributed by atoms with Crippen molar-refractivity contribution >= 4 is 16.6 Å². The van der Waals surface area contributed by atoms with Crippen LogP contribution in [0.15, 0.2) is 30.5 Å². The molecule has 0 aliphatic heterocycles. The van der Waals surface area contributed by atoms with Gasteiger partial charge in [0.25, 0.3) is 5.69 Å². The predicted octanol–water partition coefficient (Wildman–Crippen LogP) is 2.70. The Morgan fingerprint density at radius 3 is 2.74 bits per heavy atom. The van der Waals surface area contributed by atoms with E-state index in [0.29, 0.717) is 16.5 Å². The number of hydrogen-bond acceptors (Lipinski definition) is 4. The van der Waals surface area contributed by atoms with Crippen LogP contribution in [0.5, 0.6) is 0 Å². The predicted molar refractivity (Wildman–Crippen MR) is 72.9 cm³/mol. The van der Waals surface area contributed by atoms with Crippen LogP contribution in [0.3, 0.4) is 0 Å². The summed E-state index contributed by atoms with van der Waals surface area (Å²) in [5.41, 5.74) is 1.19. The number of nitro benzene ring substituents is 1. The van der Waals surface area contributed by atoms with Crippen LogP contribution in [0, 0.1) is 16.0 Å². The summed E-state index contributed by atoms with van der Waals surface area (Å²) < 4.78 is 0. The second-order valence-corrected chi connectivity index (χ2v) is 4.92. The number of aromatic nitrogens is 1. The highest BCUT2D eigenvalue weighted by Gasteiger charge is 2.21. The van der Waals surface area contributed by atoms with Crippen LogP contribution >= 0.6 is 0 Å². The van der Waals surface area contributed by atoms with E-state index in [1.165, 1.54) is 0 Å². The molecule has 0 aliphatic carbocycles. The minimum Gasteiger partial charge on any atom is -0.393 e. The summed E-state index contributed by atoms with van der Waals surface area (Å²) in [5, 5.41) is 21.7. The first kappa shape index (κ1) is 13.4. The van der Waals surface area contributed by atoms with Gasteiger partial charge in [-0.3, -0.25) is 15.1 Å². The van der Waals surface area contributed by atoms with Gasteiger partial charge in [-0.1, -0.05) is 13.8 Å². The Balaban J connectivity index is 2.55. The molecular formula is C14H16N2O3. The Morgan fingerprint density at radius 2 is 2.11 bits per heavy atom. The van der Waals surface area contributed by atoms with Crippen LogP contribution in [-0.2, 0) is 6.42 Å². The number of aliphatic hydroxyl groups excluding tert-OH is 1. The molecule has 1 heterocycles. The SMILES string of the molecule is CC(C)C(O)Cc1ccc2ncccc2c1[N+](=O)[O-]. The van der Waals surface area contributed by atoms with Gasteiger partial charge in [-0.15, -0.1) is 0 Å². The second kappa shape index (κ2) is 5.32. The van der Waals surface area contributed by atoms with Crippen molar-refractivity contribution in [3.05, 3.63) is 46.1 Å². The van der Waals surface area contributed by atoms with Gasteiger partial charge >= 0.3 is 0 Å². The molecule has 0 bridgehead atoms. The highest BCUT2D eigenvalue weighted by Crippen LogP contribution is 2.29. The molecule has 5 nitrogen and oxygen atoms in total.